The minimum absolute atomic E-state index is 0. The van der Waals surface area contributed by atoms with E-state index in [1.165, 1.54) is 12.7 Å². The van der Waals surface area contributed by atoms with Crippen LogP contribution < -0.4 is 5.32 Å². The van der Waals surface area contributed by atoms with Gasteiger partial charge < -0.3 is 15.0 Å². The van der Waals surface area contributed by atoms with Crippen molar-refractivity contribution in [2.45, 2.75) is 44.8 Å². The van der Waals surface area contributed by atoms with Crippen molar-refractivity contribution in [1.29, 1.82) is 0 Å². The van der Waals surface area contributed by atoms with Crippen molar-refractivity contribution in [3.63, 3.8) is 0 Å². The van der Waals surface area contributed by atoms with Crippen molar-refractivity contribution in [3.05, 3.63) is 0 Å². The van der Waals surface area contributed by atoms with E-state index in [0.717, 1.165) is 25.6 Å². The van der Waals surface area contributed by atoms with Gasteiger partial charge in [-0.25, -0.2) is 8.42 Å². The molecule has 2 saturated heterocycles. The van der Waals surface area contributed by atoms with Crippen LogP contribution in [-0.4, -0.2) is 69.7 Å². The molecule has 0 aliphatic carbocycles. The third kappa shape index (κ3) is 5.95. The molecule has 0 aromatic heterocycles. The van der Waals surface area contributed by atoms with Crippen LogP contribution in [-0.2, 0) is 14.6 Å². The molecule has 2 atom stereocenters. The average Bonchev–Trinajstić information content (AvgIpc) is 2.50. The lowest BCUT2D eigenvalue weighted by Crippen LogP contribution is -2.50. The Kier molecular flexibility index (Phi) is 8.93. The first kappa shape index (κ1) is 23.0. The molecule has 0 spiro atoms. The van der Waals surface area contributed by atoms with Crippen molar-refractivity contribution in [1.82, 2.24) is 10.2 Å². The van der Waals surface area contributed by atoms with E-state index in [-0.39, 0.29) is 24.0 Å². The molecule has 2 fully saturated rings. The SMILES string of the molecule is CCNC(=NCC1(S(C)(=O)=O)CCOCC1)N1CC(C)CC(C)C1.I. The standard InChI is InChI=1S/C17H33N3O3S.HI/c1-5-18-16(20-11-14(2)10-15(3)12-20)19-13-17(24(4,21)22)6-8-23-9-7-17;/h14-15H,5-13H2,1-4H3,(H,18,19);1H. The Morgan fingerprint density at radius 2 is 1.80 bits per heavy atom. The zero-order chi connectivity index (χ0) is 17.8. The van der Waals surface area contributed by atoms with Crippen molar-refractivity contribution in [2.75, 3.05) is 45.6 Å². The van der Waals surface area contributed by atoms with E-state index in [0.29, 0.717) is 44.4 Å². The summed E-state index contributed by atoms with van der Waals surface area (Å²) >= 11 is 0. The summed E-state index contributed by atoms with van der Waals surface area (Å²) in [6.45, 7) is 10.6. The van der Waals surface area contributed by atoms with E-state index in [1.807, 2.05) is 6.92 Å². The fourth-order valence-corrected chi connectivity index (χ4v) is 5.08. The summed E-state index contributed by atoms with van der Waals surface area (Å²) in [7, 11) is -3.18. The highest BCUT2D eigenvalue weighted by molar-refractivity contribution is 14.0. The van der Waals surface area contributed by atoms with Crippen LogP contribution in [0.15, 0.2) is 4.99 Å². The number of hydrogen-bond donors (Lipinski definition) is 1. The zero-order valence-corrected chi connectivity index (χ0v) is 19.1. The fraction of sp³-hybridized carbons (Fsp3) is 0.941. The highest BCUT2D eigenvalue weighted by Gasteiger charge is 2.42. The molecule has 0 amide bonds. The molecule has 2 rings (SSSR count). The Balaban J connectivity index is 0.00000312. The second kappa shape index (κ2) is 9.73. The van der Waals surface area contributed by atoms with Gasteiger partial charge in [-0.05, 0) is 38.0 Å². The molecule has 0 saturated carbocycles. The number of hydrogen-bond acceptors (Lipinski definition) is 4. The first-order valence-corrected chi connectivity index (χ1v) is 11.0. The van der Waals surface area contributed by atoms with Crippen LogP contribution >= 0.6 is 24.0 Å². The molecule has 0 radical (unpaired) electrons. The third-order valence-corrected chi connectivity index (χ3v) is 7.32. The lowest BCUT2D eigenvalue weighted by molar-refractivity contribution is 0.0767. The number of sulfone groups is 1. The Morgan fingerprint density at radius 3 is 2.28 bits per heavy atom. The molecule has 148 valence electrons. The summed E-state index contributed by atoms with van der Waals surface area (Å²) in [6.07, 6.45) is 3.63. The topological polar surface area (TPSA) is 71.0 Å². The van der Waals surface area contributed by atoms with E-state index in [4.69, 9.17) is 9.73 Å². The van der Waals surface area contributed by atoms with E-state index < -0.39 is 14.6 Å². The molecular weight excluding hydrogens is 453 g/mol. The van der Waals surface area contributed by atoms with Gasteiger partial charge in [-0.2, -0.15) is 0 Å². The molecule has 0 aromatic carbocycles. The van der Waals surface area contributed by atoms with Gasteiger partial charge in [-0.1, -0.05) is 13.8 Å². The van der Waals surface area contributed by atoms with E-state index in [1.54, 1.807) is 0 Å². The predicted octanol–water partition coefficient (Wildman–Crippen LogP) is 2.14. The maximum atomic E-state index is 12.4. The van der Waals surface area contributed by atoms with Crippen LogP contribution in [0.5, 0.6) is 0 Å². The smallest absolute Gasteiger partial charge is 0.193 e. The third-order valence-electron chi connectivity index (χ3n) is 5.21. The summed E-state index contributed by atoms with van der Waals surface area (Å²) in [6, 6.07) is 0. The van der Waals surface area contributed by atoms with E-state index in [2.05, 4.69) is 24.1 Å². The monoisotopic (exact) mass is 487 g/mol. The maximum absolute atomic E-state index is 12.4. The Bertz CT molecular complexity index is 537. The number of ether oxygens (including phenoxy) is 1. The molecule has 1 N–H and O–H groups in total. The molecule has 2 aliphatic heterocycles. The van der Waals surface area contributed by atoms with Gasteiger partial charge in [0.25, 0.3) is 0 Å². The molecular formula is C17H34IN3O3S. The highest BCUT2D eigenvalue weighted by atomic mass is 127. The van der Waals surface area contributed by atoms with E-state index in [9.17, 15) is 8.42 Å². The molecule has 2 heterocycles. The lowest BCUT2D eigenvalue weighted by Gasteiger charge is -2.38. The first-order chi connectivity index (χ1) is 11.3. The molecule has 0 bridgehead atoms. The van der Waals surface area contributed by atoms with Crippen LogP contribution in [0.2, 0.25) is 0 Å². The van der Waals surface area contributed by atoms with Crippen LogP contribution in [0.4, 0.5) is 0 Å². The van der Waals surface area contributed by atoms with E-state index >= 15 is 0 Å². The molecule has 2 unspecified atom stereocenters. The van der Waals surface area contributed by atoms with Gasteiger partial charge in [0.05, 0.1) is 11.3 Å². The number of rotatable bonds is 4. The average molecular weight is 487 g/mol. The summed E-state index contributed by atoms with van der Waals surface area (Å²) in [4.78, 5) is 7.05. The van der Waals surface area contributed by atoms with Crippen molar-refractivity contribution < 1.29 is 13.2 Å². The van der Waals surface area contributed by atoms with Gasteiger partial charge in [-0.15, -0.1) is 24.0 Å². The molecule has 8 heteroatoms. The summed E-state index contributed by atoms with van der Waals surface area (Å²) in [5.41, 5.74) is 0. The van der Waals surface area contributed by atoms with Crippen molar-refractivity contribution in [2.24, 2.45) is 16.8 Å². The van der Waals surface area contributed by atoms with Gasteiger partial charge in [0.2, 0.25) is 0 Å². The number of aliphatic imine (C=N–C) groups is 1. The van der Waals surface area contributed by atoms with Crippen LogP contribution in [0.25, 0.3) is 0 Å². The van der Waals surface area contributed by atoms with Gasteiger partial charge in [0.15, 0.2) is 15.8 Å². The van der Waals surface area contributed by atoms with Crippen molar-refractivity contribution in [3.8, 4) is 0 Å². The summed E-state index contributed by atoms with van der Waals surface area (Å²) < 4.78 is 29.4. The minimum atomic E-state index is -3.18. The minimum Gasteiger partial charge on any atom is -0.381 e. The van der Waals surface area contributed by atoms with Crippen LogP contribution in [0, 0.1) is 11.8 Å². The normalized spacial score (nSPS) is 27.5. The van der Waals surface area contributed by atoms with Crippen LogP contribution in [0.3, 0.4) is 0 Å². The number of nitrogens with zero attached hydrogens (tertiary/aromatic N) is 2. The summed E-state index contributed by atoms with van der Waals surface area (Å²) in [5, 5.41) is 3.35. The maximum Gasteiger partial charge on any atom is 0.193 e. The number of halogens is 1. The predicted molar refractivity (Wildman–Crippen MR) is 114 cm³/mol. The van der Waals surface area contributed by atoms with Gasteiger partial charge >= 0.3 is 0 Å². The number of piperidine rings is 1. The van der Waals surface area contributed by atoms with Crippen molar-refractivity contribution >= 4 is 39.8 Å². The lowest BCUT2D eigenvalue weighted by atomic mass is 9.92. The fourth-order valence-electron chi connectivity index (χ4n) is 3.87. The Labute approximate surface area is 170 Å². The number of guanidine groups is 1. The second-order valence-corrected chi connectivity index (χ2v) is 10.00. The highest BCUT2D eigenvalue weighted by Crippen LogP contribution is 2.30. The quantitative estimate of drug-likeness (QED) is 0.374. The van der Waals surface area contributed by atoms with Gasteiger partial charge in [0.1, 0.15) is 0 Å². The molecule has 2 aliphatic rings. The zero-order valence-electron chi connectivity index (χ0n) is 16.0. The van der Waals surface area contributed by atoms with Crippen LogP contribution in [0.1, 0.15) is 40.0 Å². The molecule has 0 aromatic rings. The second-order valence-electron chi connectivity index (χ2n) is 7.59. The molecule has 6 nitrogen and oxygen atoms in total. The first-order valence-electron chi connectivity index (χ1n) is 9.08. The largest absolute Gasteiger partial charge is 0.381 e. The van der Waals surface area contributed by atoms with Gasteiger partial charge in [-0.3, -0.25) is 4.99 Å². The number of nitrogens with one attached hydrogen (secondary N) is 1. The Hall–Kier alpha value is -0.0900. The summed E-state index contributed by atoms with van der Waals surface area (Å²) in [5.74, 6) is 2.11. The molecule has 25 heavy (non-hydrogen) atoms. The Morgan fingerprint density at radius 1 is 1.24 bits per heavy atom. The van der Waals surface area contributed by atoms with Gasteiger partial charge in [0, 0.05) is 39.1 Å². The number of likely N-dealkylation sites (tertiary alicyclic amines) is 1.